The zero-order valence-corrected chi connectivity index (χ0v) is 17.2. The molecular formula is C22H25N5O2. The highest BCUT2D eigenvalue weighted by Gasteiger charge is 2.35. The molecule has 0 fully saturated rings. The van der Waals surface area contributed by atoms with Crippen molar-refractivity contribution in [3.8, 4) is 11.4 Å². The molecule has 7 nitrogen and oxygen atoms in total. The van der Waals surface area contributed by atoms with Crippen LogP contribution in [0.3, 0.4) is 0 Å². The van der Waals surface area contributed by atoms with E-state index in [9.17, 15) is 4.79 Å². The Labute approximate surface area is 170 Å². The first kappa shape index (κ1) is 19.2. The van der Waals surface area contributed by atoms with E-state index in [0.29, 0.717) is 29.3 Å². The molecule has 1 unspecified atom stereocenters. The number of carbonyl (C=O) groups is 1. The number of carbonyl (C=O) groups excluding carboxylic acids is 1. The number of fused-ring (bicyclic) bond motifs is 1. The average Bonchev–Trinajstić information content (AvgIpc) is 3.08. The summed E-state index contributed by atoms with van der Waals surface area (Å²) in [6.45, 7) is 8.14. The Balaban J connectivity index is 1.67. The van der Waals surface area contributed by atoms with Gasteiger partial charge in [-0.1, -0.05) is 25.9 Å². The fraction of sp³-hybridized carbons (Fsp3) is 0.409. The fourth-order valence-corrected chi connectivity index (χ4v) is 4.00. The van der Waals surface area contributed by atoms with Gasteiger partial charge in [0.15, 0.2) is 5.82 Å². The molecule has 29 heavy (non-hydrogen) atoms. The van der Waals surface area contributed by atoms with E-state index >= 15 is 0 Å². The summed E-state index contributed by atoms with van der Waals surface area (Å²) in [6.07, 6.45) is 7.58. The smallest absolute Gasteiger partial charge is 0.257 e. The number of nitrogens with zero attached hydrogens (tertiary/aromatic N) is 4. The molecule has 3 aromatic heterocycles. The molecule has 0 radical (unpaired) electrons. The normalized spacial score (nSPS) is 17.6. The second-order valence-corrected chi connectivity index (χ2v) is 8.32. The van der Waals surface area contributed by atoms with E-state index in [-0.39, 0.29) is 17.4 Å². The van der Waals surface area contributed by atoms with Gasteiger partial charge in [-0.2, -0.15) is 0 Å². The van der Waals surface area contributed by atoms with Crippen molar-refractivity contribution in [2.45, 2.75) is 53.0 Å². The van der Waals surface area contributed by atoms with Crippen LogP contribution < -0.4 is 5.32 Å². The molecule has 0 aromatic carbocycles. The summed E-state index contributed by atoms with van der Waals surface area (Å²) in [7, 11) is 0. The zero-order chi connectivity index (χ0) is 20.6. The van der Waals surface area contributed by atoms with Gasteiger partial charge in [0.1, 0.15) is 11.3 Å². The molecule has 0 saturated heterocycles. The Morgan fingerprint density at radius 3 is 2.79 bits per heavy atom. The van der Waals surface area contributed by atoms with E-state index in [4.69, 9.17) is 9.51 Å². The highest BCUT2D eigenvalue weighted by atomic mass is 16.5. The lowest BCUT2D eigenvalue weighted by Crippen LogP contribution is -2.37. The van der Waals surface area contributed by atoms with Gasteiger partial charge in [0.2, 0.25) is 0 Å². The summed E-state index contributed by atoms with van der Waals surface area (Å²) >= 11 is 0. The fourth-order valence-electron chi connectivity index (χ4n) is 4.00. The number of hydrogen-bond donors (Lipinski definition) is 1. The predicted octanol–water partition coefficient (Wildman–Crippen LogP) is 3.84. The number of nitrogens with one attached hydrogen (secondary N) is 1. The van der Waals surface area contributed by atoms with Gasteiger partial charge < -0.3 is 9.84 Å². The topological polar surface area (TPSA) is 93.8 Å². The first-order valence-corrected chi connectivity index (χ1v) is 9.90. The molecule has 3 aromatic rings. The number of aryl methyl sites for hydroxylation is 2. The number of hydrogen-bond acceptors (Lipinski definition) is 6. The monoisotopic (exact) mass is 391 g/mol. The van der Waals surface area contributed by atoms with E-state index in [1.54, 1.807) is 19.3 Å². The molecule has 150 valence electrons. The standard InChI is InChI=1S/C22H25N5O2/c1-5-18-19(13(2)27-29-18)21(28)26-17-11-22(3,4)10-16-15(17)12-24-20(25-16)14-6-8-23-9-7-14/h6-9,12,17H,5,10-11H2,1-4H3,(H,26,28). The molecule has 1 N–H and O–H groups in total. The van der Waals surface area contributed by atoms with Gasteiger partial charge in [-0.15, -0.1) is 0 Å². The van der Waals surface area contributed by atoms with E-state index < -0.39 is 0 Å². The molecule has 0 saturated carbocycles. The Hall–Kier alpha value is -3.09. The third-order valence-electron chi connectivity index (χ3n) is 5.40. The molecular weight excluding hydrogens is 366 g/mol. The van der Waals surface area contributed by atoms with Crippen LogP contribution >= 0.6 is 0 Å². The quantitative estimate of drug-likeness (QED) is 0.726. The van der Waals surface area contributed by atoms with E-state index in [1.807, 2.05) is 25.3 Å². The maximum Gasteiger partial charge on any atom is 0.257 e. The van der Waals surface area contributed by atoms with Gasteiger partial charge in [-0.25, -0.2) is 9.97 Å². The van der Waals surface area contributed by atoms with Crippen LogP contribution in [-0.4, -0.2) is 26.0 Å². The third kappa shape index (κ3) is 3.77. The van der Waals surface area contributed by atoms with Crippen LogP contribution in [-0.2, 0) is 12.8 Å². The average molecular weight is 391 g/mol. The van der Waals surface area contributed by atoms with Gasteiger partial charge in [-0.3, -0.25) is 9.78 Å². The number of pyridine rings is 1. The van der Waals surface area contributed by atoms with Gasteiger partial charge in [0, 0.05) is 36.1 Å². The second kappa shape index (κ2) is 7.39. The van der Waals surface area contributed by atoms with Gasteiger partial charge in [0.05, 0.1) is 17.4 Å². The van der Waals surface area contributed by atoms with Gasteiger partial charge >= 0.3 is 0 Å². The van der Waals surface area contributed by atoms with Crippen LogP contribution in [0.25, 0.3) is 11.4 Å². The summed E-state index contributed by atoms with van der Waals surface area (Å²) in [5, 5.41) is 7.13. The lowest BCUT2D eigenvalue weighted by molar-refractivity contribution is 0.0916. The maximum atomic E-state index is 13.0. The Morgan fingerprint density at radius 1 is 1.31 bits per heavy atom. The summed E-state index contributed by atoms with van der Waals surface area (Å²) in [4.78, 5) is 26.5. The van der Waals surface area contributed by atoms with Crippen molar-refractivity contribution in [2.75, 3.05) is 0 Å². The first-order valence-electron chi connectivity index (χ1n) is 9.90. The third-order valence-corrected chi connectivity index (χ3v) is 5.40. The highest BCUT2D eigenvalue weighted by molar-refractivity contribution is 5.96. The van der Waals surface area contributed by atoms with Crippen molar-refractivity contribution in [3.63, 3.8) is 0 Å². The van der Waals surface area contributed by atoms with Crippen molar-refractivity contribution < 1.29 is 9.32 Å². The number of aromatic nitrogens is 4. The first-order chi connectivity index (χ1) is 13.9. The van der Waals surface area contributed by atoms with Crippen LogP contribution in [0.4, 0.5) is 0 Å². The van der Waals surface area contributed by atoms with E-state index in [2.05, 4.69) is 34.3 Å². The van der Waals surface area contributed by atoms with Gasteiger partial charge in [0.25, 0.3) is 5.91 Å². The molecule has 1 aliphatic rings. The number of rotatable bonds is 4. The lowest BCUT2D eigenvalue weighted by atomic mass is 9.74. The molecule has 4 rings (SSSR count). The SMILES string of the molecule is CCc1onc(C)c1C(=O)NC1CC(C)(C)Cc2nc(-c3ccncc3)ncc21. The molecule has 7 heteroatoms. The lowest BCUT2D eigenvalue weighted by Gasteiger charge is -2.36. The minimum absolute atomic E-state index is 0.00604. The van der Waals surface area contributed by atoms with Crippen molar-refractivity contribution >= 4 is 5.91 Å². The largest absolute Gasteiger partial charge is 0.360 e. The minimum atomic E-state index is -0.160. The van der Waals surface area contributed by atoms with Gasteiger partial charge in [-0.05, 0) is 37.3 Å². The summed E-state index contributed by atoms with van der Waals surface area (Å²) in [5.41, 5.74) is 4.03. The summed E-state index contributed by atoms with van der Waals surface area (Å²) < 4.78 is 5.29. The van der Waals surface area contributed by atoms with Crippen LogP contribution in [0.2, 0.25) is 0 Å². The molecule has 0 spiro atoms. The van der Waals surface area contributed by atoms with Crippen LogP contribution in [0.15, 0.2) is 35.2 Å². The molecule has 1 amide bonds. The summed E-state index contributed by atoms with van der Waals surface area (Å²) in [5.74, 6) is 1.13. The van der Waals surface area contributed by atoms with Crippen molar-refractivity contribution in [2.24, 2.45) is 5.41 Å². The summed E-state index contributed by atoms with van der Waals surface area (Å²) in [6, 6.07) is 3.64. The molecule has 1 atom stereocenters. The maximum absolute atomic E-state index is 13.0. The number of amides is 1. The Bertz CT molecular complexity index is 1040. The second-order valence-electron chi connectivity index (χ2n) is 8.32. The van der Waals surface area contributed by atoms with Crippen molar-refractivity contribution in [1.29, 1.82) is 0 Å². The molecule has 0 bridgehead atoms. The Morgan fingerprint density at radius 2 is 2.07 bits per heavy atom. The van der Waals surface area contributed by atoms with E-state index in [0.717, 1.165) is 29.7 Å². The molecule has 3 heterocycles. The Kier molecular flexibility index (Phi) is 4.90. The van der Waals surface area contributed by atoms with Crippen LogP contribution in [0.1, 0.15) is 66.3 Å². The van der Waals surface area contributed by atoms with E-state index in [1.165, 1.54) is 0 Å². The van der Waals surface area contributed by atoms with Crippen LogP contribution in [0.5, 0.6) is 0 Å². The highest BCUT2D eigenvalue weighted by Crippen LogP contribution is 2.40. The van der Waals surface area contributed by atoms with Crippen molar-refractivity contribution in [3.05, 3.63) is 59.0 Å². The molecule has 0 aliphatic heterocycles. The zero-order valence-electron chi connectivity index (χ0n) is 17.2. The van der Waals surface area contributed by atoms with Crippen LogP contribution in [0, 0.1) is 12.3 Å². The predicted molar refractivity (Wildman–Crippen MR) is 108 cm³/mol. The molecule has 1 aliphatic carbocycles. The minimum Gasteiger partial charge on any atom is -0.360 e. The van der Waals surface area contributed by atoms with Crippen molar-refractivity contribution in [1.82, 2.24) is 25.4 Å².